The second-order valence-corrected chi connectivity index (χ2v) is 5.50. The summed E-state index contributed by atoms with van der Waals surface area (Å²) in [4.78, 5) is 25.2. The lowest BCUT2D eigenvalue weighted by Gasteiger charge is -2.17. The molecule has 1 N–H and O–H groups in total. The van der Waals surface area contributed by atoms with Gasteiger partial charge in [0, 0.05) is 26.2 Å². The molecule has 0 bridgehead atoms. The Morgan fingerprint density at radius 1 is 1.00 bits per heavy atom. The van der Waals surface area contributed by atoms with Crippen LogP contribution in [-0.4, -0.2) is 37.4 Å². The second kappa shape index (κ2) is 8.84. The van der Waals surface area contributed by atoms with Crippen molar-refractivity contribution in [3.8, 4) is 0 Å². The highest BCUT2D eigenvalue weighted by molar-refractivity contribution is 5.93. The van der Waals surface area contributed by atoms with Gasteiger partial charge in [0.1, 0.15) is 6.61 Å². The quantitative estimate of drug-likeness (QED) is 0.849. The number of hydrogen-bond acceptors (Lipinski definition) is 3. The maximum Gasteiger partial charge on any atom is 0.251 e. The highest BCUT2D eigenvalue weighted by Gasteiger charge is 2.10. The van der Waals surface area contributed by atoms with Crippen molar-refractivity contribution in [1.29, 1.82) is 0 Å². The van der Waals surface area contributed by atoms with E-state index < -0.39 is 0 Å². The zero-order valence-electron chi connectivity index (χ0n) is 14.0. The normalized spacial score (nSPS) is 10.2. The van der Waals surface area contributed by atoms with E-state index in [9.17, 15) is 9.59 Å². The molecule has 0 unspecified atom stereocenters. The lowest BCUT2D eigenvalue weighted by molar-refractivity contribution is -0.135. The van der Waals surface area contributed by atoms with Crippen LogP contribution >= 0.6 is 0 Å². The fraction of sp³-hybridized carbons (Fsp3) is 0.263. The van der Waals surface area contributed by atoms with Gasteiger partial charge in [0.15, 0.2) is 0 Å². The maximum absolute atomic E-state index is 12.1. The topological polar surface area (TPSA) is 58.6 Å². The summed E-state index contributed by atoms with van der Waals surface area (Å²) in [5, 5.41) is 2.58. The Morgan fingerprint density at radius 3 is 2.29 bits per heavy atom. The van der Waals surface area contributed by atoms with Crippen LogP contribution in [0.4, 0.5) is 0 Å². The molecular formula is C19H22N2O3. The number of nitrogens with zero attached hydrogens (tertiary/aromatic N) is 1. The molecule has 2 aromatic carbocycles. The van der Waals surface area contributed by atoms with E-state index in [1.807, 2.05) is 42.5 Å². The van der Waals surface area contributed by atoms with E-state index in [0.717, 1.165) is 11.1 Å². The van der Waals surface area contributed by atoms with Crippen LogP contribution in [0, 0.1) is 0 Å². The molecule has 5 nitrogen and oxygen atoms in total. The van der Waals surface area contributed by atoms with Crippen LogP contribution in [0.15, 0.2) is 54.6 Å². The summed E-state index contributed by atoms with van der Waals surface area (Å²) in [5.41, 5.74) is 2.60. The molecule has 0 radical (unpaired) electrons. The lowest BCUT2D eigenvalue weighted by atomic mass is 10.1. The van der Waals surface area contributed by atoms with E-state index in [0.29, 0.717) is 18.7 Å². The van der Waals surface area contributed by atoms with Gasteiger partial charge in [-0.05, 0) is 23.3 Å². The number of rotatable bonds is 7. The van der Waals surface area contributed by atoms with Crippen LogP contribution in [0.2, 0.25) is 0 Å². The highest BCUT2D eigenvalue weighted by Crippen LogP contribution is 2.07. The molecule has 0 aliphatic heterocycles. The third-order valence-electron chi connectivity index (χ3n) is 3.63. The first-order valence-corrected chi connectivity index (χ1v) is 7.77. The standard InChI is InChI=1S/C19H22N2O3/c1-20-19(23)17-10-8-15(9-11-17)12-21(2)18(22)14-24-13-16-6-4-3-5-7-16/h3-11H,12-14H2,1-2H3,(H,20,23). The molecule has 0 aliphatic rings. The van der Waals surface area contributed by atoms with Gasteiger partial charge in [-0.25, -0.2) is 0 Å². The number of likely N-dealkylation sites (N-methyl/N-ethyl adjacent to an activating group) is 1. The summed E-state index contributed by atoms with van der Waals surface area (Å²) in [6.45, 7) is 0.935. The number of carbonyl (C=O) groups excluding carboxylic acids is 2. The Morgan fingerprint density at radius 2 is 1.67 bits per heavy atom. The molecule has 5 heteroatoms. The Balaban J connectivity index is 1.79. The minimum Gasteiger partial charge on any atom is -0.367 e. The molecule has 2 aromatic rings. The summed E-state index contributed by atoms with van der Waals surface area (Å²) >= 11 is 0. The van der Waals surface area contributed by atoms with E-state index in [1.165, 1.54) is 0 Å². The Kier molecular flexibility index (Phi) is 6.51. The van der Waals surface area contributed by atoms with Crippen molar-refractivity contribution in [2.45, 2.75) is 13.2 Å². The Hall–Kier alpha value is -2.66. The molecule has 24 heavy (non-hydrogen) atoms. The van der Waals surface area contributed by atoms with Crippen LogP contribution in [0.25, 0.3) is 0 Å². The highest BCUT2D eigenvalue weighted by atomic mass is 16.5. The van der Waals surface area contributed by atoms with Crippen molar-refractivity contribution in [2.24, 2.45) is 0 Å². The van der Waals surface area contributed by atoms with E-state index in [1.54, 1.807) is 31.1 Å². The summed E-state index contributed by atoms with van der Waals surface area (Å²) in [6, 6.07) is 16.9. The van der Waals surface area contributed by atoms with E-state index in [2.05, 4.69) is 5.32 Å². The second-order valence-electron chi connectivity index (χ2n) is 5.50. The molecule has 2 rings (SSSR count). The largest absolute Gasteiger partial charge is 0.367 e. The average Bonchev–Trinajstić information content (AvgIpc) is 2.62. The SMILES string of the molecule is CNC(=O)c1ccc(CN(C)C(=O)COCc2ccccc2)cc1. The number of ether oxygens (including phenoxy) is 1. The van der Waals surface area contributed by atoms with Crippen LogP contribution in [0.5, 0.6) is 0 Å². The van der Waals surface area contributed by atoms with Crippen LogP contribution in [-0.2, 0) is 22.7 Å². The third kappa shape index (κ3) is 5.21. The number of benzene rings is 2. The molecule has 0 spiro atoms. The van der Waals surface area contributed by atoms with Gasteiger partial charge in [0.25, 0.3) is 5.91 Å². The van der Waals surface area contributed by atoms with Gasteiger partial charge in [0.05, 0.1) is 6.61 Å². The van der Waals surface area contributed by atoms with Crippen molar-refractivity contribution < 1.29 is 14.3 Å². The first kappa shape index (κ1) is 17.7. The van der Waals surface area contributed by atoms with Gasteiger partial charge < -0.3 is 15.0 Å². The minimum atomic E-state index is -0.125. The Labute approximate surface area is 142 Å². The predicted molar refractivity (Wildman–Crippen MR) is 92.4 cm³/mol. The van der Waals surface area contributed by atoms with Gasteiger partial charge >= 0.3 is 0 Å². The number of carbonyl (C=O) groups is 2. The molecule has 0 aliphatic carbocycles. The molecule has 0 saturated heterocycles. The molecule has 0 heterocycles. The summed E-state index contributed by atoms with van der Waals surface area (Å²) < 4.78 is 5.46. The van der Waals surface area contributed by atoms with Crippen LogP contribution in [0.3, 0.4) is 0 Å². The summed E-state index contributed by atoms with van der Waals surface area (Å²) in [6.07, 6.45) is 0. The molecular weight excluding hydrogens is 304 g/mol. The summed E-state index contributed by atoms with van der Waals surface area (Å²) in [7, 11) is 3.33. The predicted octanol–water partition coefficient (Wildman–Crippen LogP) is 2.22. The average molecular weight is 326 g/mol. The monoisotopic (exact) mass is 326 g/mol. The van der Waals surface area contributed by atoms with E-state index >= 15 is 0 Å². The van der Waals surface area contributed by atoms with Crippen molar-refractivity contribution in [3.05, 3.63) is 71.3 Å². The summed E-state index contributed by atoms with van der Waals surface area (Å²) in [5.74, 6) is -0.207. The molecule has 0 fully saturated rings. The minimum absolute atomic E-state index is 0.0434. The van der Waals surface area contributed by atoms with Crippen LogP contribution in [0.1, 0.15) is 21.5 Å². The van der Waals surface area contributed by atoms with Crippen LogP contribution < -0.4 is 5.32 Å². The number of amides is 2. The van der Waals surface area contributed by atoms with E-state index in [4.69, 9.17) is 4.74 Å². The van der Waals surface area contributed by atoms with Gasteiger partial charge in [-0.3, -0.25) is 9.59 Å². The van der Waals surface area contributed by atoms with Gasteiger partial charge in [-0.1, -0.05) is 42.5 Å². The van der Waals surface area contributed by atoms with Gasteiger partial charge in [-0.2, -0.15) is 0 Å². The first-order valence-electron chi connectivity index (χ1n) is 7.77. The molecule has 0 aromatic heterocycles. The van der Waals surface area contributed by atoms with E-state index in [-0.39, 0.29) is 18.4 Å². The zero-order chi connectivity index (χ0) is 17.4. The third-order valence-corrected chi connectivity index (χ3v) is 3.63. The first-order chi connectivity index (χ1) is 11.6. The maximum atomic E-state index is 12.1. The fourth-order valence-corrected chi connectivity index (χ4v) is 2.21. The van der Waals surface area contributed by atoms with Gasteiger partial charge in [-0.15, -0.1) is 0 Å². The fourth-order valence-electron chi connectivity index (χ4n) is 2.21. The molecule has 0 saturated carbocycles. The van der Waals surface area contributed by atoms with Crippen molar-refractivity contribution in [1.82, 2.24) is 10.2 Å². The van der Waals surface area contributed by atoms with Gasteiger partial charge in [0.2, 0.25) is 5.91 Å². The molecule has 0 atom stereocenters. The Bertz CT molecular complexity index is 669. The molecule has 2 amide bonds. The number of nitrogens with one attached hydrogen (secondary N) is 1. The smallest absolute Gasteiger partial charge is 0.251 e. The zero-order valence-corrected chi connectivity index (χ0v) is 14.0. The van der Waals surface area contributed by atoms with Crippen molar-refractivity contribution in [2.75, 3.05) is 20.7 Å². The number of hydrogen-bond donors (Lipinski definition) is 1. The van der Waals surface area contributed by atoms with Crippen molar-refractivity contribution in [3.63, 3.8) is 0 Å². The van der Waals surface area contributed by atoms with Crippen molar-refractivity contribution >= 4 is 11.8 Å². The lowest BCUT2D eigenvalue weighted by Crippen LogP contribution is -2.29. The molecule has 126 valence electrons.